The normalized spacial score (nSPS) is 12.0. The molecule has 0 radical (unpaired) electrons. The van der Waals surface area contributed by atoms with E-state index in [0.717, 1.165) is 5.13 Å². The van der Waals surface area contributed by atoms with Crippen LogP contribution in [0.1, 0.15) is 18.4 Å². The van der Waals surface area contributed by atoms with Crippen molar-refractivity contribution >= 4 is 22.3 Å². The molecule has 3 rings (SSSR count). The third kappa shape index (κ3) is 6.05. The zero-order valence-electron chi connectivity index (χ0n) is 18.4. The van der Waals surface area contributed by atoms with E-state index >= 15 is 0 Å². The Morgan fingerprint density at radius 3 is 2.56 bits per heavy atom. The number of H-pyrrole nitrogens is 1. The maximum Gasteiger partial charge on any atom is 0.389 e. The van der Waals surface area contributed by atoms with Gasteiger partial charge in [-0.2, -0.15) is 18.3 Å². The fourth-order valence-electron chi connectivity index (χ4n) is 3.11. The van der Waals surface area contributed by atoms with Crippen molar-refractivity contribution in [2.45, 2.75) is 19.0 Å². The van der Waals surface area contributed by atoms with E-state index in [1.165, 1.54) is 11.3 Å². The molecular formula is C21H24F3N7O2S. The lowest BCUT2D eigenvalue weighted by Crippen LogP contribution is -2.36. The van der Waals surface area contributed by atoms with Crippen molar-refractivity contribution in [3.05, 3.63) is 52.4 Å². The number of hydrogen-bond donors (Lipinski definition) is 4. The number of aromatic nitrogens is 2. The largest absolute Gasteiger partial charge is 0.494 e. The first-order valence-corrected chi connectivity index (χ1v) is 10.9. The van der Waals surface area contributed by atoms with Crippen LogP contribution in [-0.4, -0.2) is 42.7 Å². The summed E-state index contributed by atoms with van der Waals surface area (Å²) in [5, 5.41) is 4.32. The highest BCUT2D eigenvalue weighted by Gasteiger charge is 2.26. The maximum absolute atomic E-state index is 13.0. The summed E-state index contributed by atoms with van der Waals surface area (Å²) in [6, 6.07) is 8.40. The smallest absolute Gasteiger partial charge is 0.389 e. The quantitative estimate of drug-likeness (QED) is 0.124. The van der Waals surface area contributed by atoms with Crippen molar-refractivity contribution in [2.75, 3.05) is 25.6 Å². The Balaban J connectivity index is 1.93. The zero-order chi connectivity index (χ0) is 24.9. The molecule has 6 N–H and O–H groups in total. The first-order valence-electron chi connectivity index (χ1n) is 10.1. The monoisotopic (exact) mass is 495 g/mol. The molecule has 0 fully saturated rings. The van der Waals surface area contributed by atoms with E-state index in [4.69, 9.17) is 16.4 Å². The van der Waals surface area contributed by atoms with Gasteiger partial charge in [0.1, 0.15) is 5.75 Å². The first kappa shape index (κ1) is 25.1. The fraction of sp³-hybridized carbons (Fsp3) is 0.286. The van der Waals surface area contributed by atoms with Gasteiger partial charge < -0.3 is 25.9 Å². The zero-order valence-corrected chi connectivity index (χ0v) is 19.3. The van der Waals surface area contributed by atoms with Crippen LogP contribution < -0.4 is 32.3 Å². The average Bonchev–Trinajstić information content (AvgIpc) is 3.29. The van der Waals surface area contributed by atoms with Gasteiger partial charge in [0.05, 0.1) is 17.0 Å². The van der Waals surface area contributed by atoms with Gasteiger partial charge in [-0.25, -0.2) is 10.8 Å². The third-order valence-corrected chi connectivity index (χ3v) is 5.91. The number of anilines is 1. The standard InChI is InChI=1S/C21H24F3N7O2S/c1-31(2)20-27-11-16(34-20)14-10-15(28-19(32)17(14)18(29-25)30-26)12-4-6-13(7-5-12)33-9-3-8-21(22,23)24/h4-7,10-11H,3,8-9,25-26H2,1-2H3,(H,28,32)(H,29,30). The Morgan fingerprint density at radius 1 is 1.29 bits per heavy atom. The number of nitrogens with zero attached hydrogens (tertiary/aromatic N) is 3. The number of hydrazone groups is 1. The summed E-state index contributed by atoms with van der Waals surface area (Å²) in [5.74, 6) is 11.4. The summed E-state index contributed by atoms with van der Waals surface area (Å²) in [4.78, 5) is 22.7. The van der Waals surface area contributed by atoms with Crippen LogP contribution in [0.2, 0.25) is 0 Å². The van der Waals surface area contributed by atoms with E-state index in [-0.39, 0.29) is 24.4 Å². The number of amidine groups is 1. The number of hydrogen-bond acceptors (Lipinski definition) is 8. The van der Waals surface area contributed by atoms with Crippen LogP contribution in [0.4, 0.5) is 18.3 Å². The number of halogens is 3. The molecule has 0 saturated heterocycles. The number of pyridine rings is 1. The number of nitrogens with one attached hydrogen (secondary N) is 2. The fourth-order valence-corrected chi connectivity index (χ4v) is 3.97. The summed E-state index contributed by atoms with van der Waals surface area (Å²) in [7, 11) is 3.71. The molecule has 3 aromatic rings. The van der Waals surface area contributed by atoms with Crippen LogP contribution >= 0.6 is 11.3 Å². The first-order chi connectivity index (χ1) is 16.1. The van der Waals surface area contributed by atoms with E-state index in [1.54, 1.807) is 36.5 Å². The molecule has 0 unspecified atom stereocenters. The van der Waals surface area contributed by atoms with Gasteiger partial charge in [-0.05, 0) is 42.3 Å². The highest BCUT2D eigenvalue weighted by Crippen LogP contribution is 2.33. The van der Waals surface area contributed by atoms with Gasteiger partial charge in [-0.1, -0.05) is 11.3 Å². The lowest BCUT2D eigenvalue weighted by molar-refractivity contribution is -0.136. The minimum atomic E-state index is -4.21. The molecule has 1 aromatic carbocycles. The maximum atomic E-state index is 13.0. The molecule has 2 heterocycles. The Morgan fingerprint density at radius 2 is 2.00 bits per heavy atom. The van der Waals surface area contributed by atoms with Crippen LogP contribution in [-0.2, 0) is 0 Å². The molecule has 182 valence electrons. The summed E-state index contributed by atoms with van der Waals surface area (Å²) in [6.45, 7) is -0.0542. The number of nitrogens with two attached hydrogens (primary N) is 2. The van der Waals surface area contributed by atoms with Crippen molar-refractivity contribution < 1.29 is 17.9 Å². The number of benzene rings is 1. The minimum absolute atomic E-state index is 0.00482. The summed E-state index contributed by atoms with van der Waals surface area (Å²) < 4.78 is 42.2. The highest BCUT2D eigenvalue weighted by molar-refractivity contribution is 7.18. The van der Waals surface area contributed by atoms with Crippen LogP contribution in [0.15, 0.2) is 46.4 Å². The Hall–Kier alpha value is -3.58. The van der Waals surface area contributed by atoms with E-state index in [0.29, 0.717) is 27.4 Å². The van der Waals surface area contributed by atoms with Crippen molar-refractivity contribution in [3.8, 4) is 27.4 Å². The Kier molecular flexibility index (Phi) is 7.79. The minimum Gasteiger partial charge on any atom is -0.494 e. The van der Waals surface area contributed by atoms with Crippen molar-refractivity contribution in [1.29, 1.82) is 0 Å². The number of alkyl halides is 3. The second-order valence-corrected chi connectivity index (χ2v) is 8.43. The molecule has 2 aromatic heterocycles. The predicted octanol–water partition coefficient (Wildman–Crippen LogP) is 3.04. The van der Waals surface area contributed by atoms with Crippen LogP contribution in [0.25, 0.3) is 21.7 Å². The Labute approximate surface area is 197 Å². The topological polar surface area (TPSA) is 135 Å². The average molecular weight is 496 g/mol. The second-order valence-electron chi connectivity index (χ2n) is 7.42. The van der Waals surface area contributed by atoms with E-state index in [9.17, 15) is 18.0 Å². The van der Waals surface area contributed by atoms with Gasteiger partial charge in [0.15, 0.2) is 11.0 Å². The lowest BCUT2D eigenvalue weighted by atomic mass is 10.0. The molecule has 0 aliphatic heterocycles. The molecule has 0 aliphatic rings. The van der Waals surface area contributed by atoms with E-state index in [2.05, 4.69) is 20.5 Å². The molecule has 0 aliphatic carbocycles. The van der Waals surface area contributed by atoms with Crippen LogP contribution in [0, 0.1) is 0 Å². The third-order valence-electron chi connectivity index (χ3n) is 4.72. The van der Waals surface area contributed by atoms with Gasteiger partial charge >= 0.3 is 6.18 Å². The molecule has 0 amide bonds. The summed E-state index contributed by atoms with van der Waals surface area (Å²) >= 11 is 1.37. The molecule has 9 nitrogen and oxygen atoms in total. The SMILES string of the molecule is CN(C)c1ncc(-c2cc(-c3ccc(OCCCC(F)(F)F)cc3)[nH]c(=O)c2/C(=N/N)NN)s1. The number of hydrazine groups is 1. The van der Waals surface area contributed by atoms with Crippen molar-refractivity contribution in [3.63, 3.8) is 0 Å². The van der Waals surface area contributed by atoms with Crippen LogP contribution in [0.3, 0.4) is 0 Å². The number of thiazole rings is 1. The van der Waals surface area contributed by atoms with Crippen LogP contribution in [0.5, 0.6) is 5.75 Å². The molecule has 0 saturated carbocycles. The molecule has 0 bridgehead atoms. The van der Waals surface area contributed by atoms with Crippen molar-refractivity contribution in [1.82, 2.24) is 15.4 Å². The van der Waals surface area contributed by atoms with E-state index < -0.39 is 18.2 Å². The lowest BCUT2D eigenvalue weighted by Gasteiger charge is -2.12. The van der Waals surface area contributed by atoms with Crippen molar-refractivity contribution in [2.24, 2.45) is 16.8 Å². The van der Waals surface area contributed by atoms with Gasteiger partial charge in [0.25, 0.3) is 5.56 Å². The summed E-state index contributed by atoms with van der Waals surface area (Å²) in [6.07, 6.45) is -3.60. The van der Waals surface area contributed by atoms with Gasteiger partial charge in [-0.3, -0.25) is 4.79 Å². The molecular weight excluding hydrogens is 471 g/mol. The van der Waals surface area contributed by atoms with E-state index in [1.807, 2.05) is 19.0 Å². The molecule has 0 spiro atoms. The van der Waals surface area contributed by atoms with Gasteiger partial charge in [-0.15, -0.1) is 0 Å². The highest BCUT2D eigenvalue weighted by atomic mass is 32.1. The molecule has 13 heteroatoms. The number of rotatable bonds is 8. The predicted molar refractivity (Wildman–Crippen MR) is 127 cm³/mol. The second kappa shape index (κ2) is 10.6. The number of ether oxygens (including phenoxy) is 1. The number of aromatic amines is 1. The molecule has 0 atom stereocenters. The summed E-state index contributed by atoms with van der Waals surface area (Å²) in [5.41, 5.74) is 3.72. The van der Waals surface area contributed by atoms with Gasteiger partial charge in [0, 0.05) is 38.0 Å². The Bertz CT molecular complexity index is 1200. The molecule has 34 heavy (non-hydrogen) atoms. The van der Waals surface area contributed by atoms with Gasteiger partial charge in [0.2, 0.25) is 0 Å².